The molecular formula is C21H22N2O6. The number of nitrogens with one attached hydrogen (secondary N) is 2. The van der Waals surface area contributed by atoms with Crippen LogP contribution in [-0.2, 0) is 14.3 Å². The number of aliphatic carboxylic acids is 1. The number of aliphatic hydroxyl groups excluding tert-OH is 1. The van der Waals surface area contributed by atoms with Gasteiger partial charge in [0.2, 0.25) is 5.91 Å². The topological polar surface area (TPSA) is 125 Å². The second kappa shape index (κ2) is 8.74. The largest absolute Gasteiger partial charge is 0.479 e. The summed E-state index contributed by atoms with van der Waals surface area (Å²) in [4.78, 5) is 34.6. The molecule has 152 valence electrons. The van der Waals surface area contributed by atoms with Gasteiger partial charge in [-0.1, -0.05) is 48.5 Å². The van der Waals surface area contributed by atoms with E-state index in [1.54, 1.807) is 0 Å². The van der Waals surface area contributed by atoms with Gasteiger partial charge in [0.1, 0.15) is 12.6 Å². The van der Waals surface area contributed by atoms with Crippen LogP contribution in [0.4, 0.5) is 4.79 Å². The molecule has 0 heterocycles. The number of carboxylic acids is 1. The lowest BCUT2D eigenvalue weighted by atomic mass is 9.98. The molecule has 0 aliphatic heterocycles. The Hall–Kier alpha value is -3.39. The zero-order valence-corrected chi connectivity index (χ0v) is 15.8. The summed E-state index contributed by atoms with van der Waals surface area (Å²) in [6.07, 6.45) is -2.46. The number of ether oxygens (including phenoxy) is 1. The molecule has 8 nitrogen and oxygen atoms in total. The number of fused-ring (bicyclic) bond motifs is 3. The van der Waals surface area contributed by atoms with E-state index in [1.807, 2.05) is 48.5 Å². The average Bonchev–Trinajstić information content (AvgIpc) is 3.04. The molecule has 1 aliphatic carbocycles. The molecule has 0 bridgehead atoms. The minimum absolute atomic E-state index is 0.0944. The Balaban J connectivity index is 1.56. The maximum atomic E-state index is 12.1. The molecule has 0 saturated carbocycles. The smallest absolute Gasteiger partial charge is 0.407 e. The SMILES string of the molecule is C[C@@H](NC(=O)OCC1c2ccccc2-c2ccccc21)C(=O)NCC(O)C(=O)O. The number of carbonyl (C=O) groups is 3. The molecule has 2 amide bonds. The number of aliphatic hydroxyl groups is 1. The normalized spacial score (nSPS) is 14.3. The summed E-state index contributed by atoms with van der Waals surface area (Å²) in [5.74, 6) is -2.16. The highest BCUT2D eigenvalue weighted by Crippen LogP contribution is 2.44. The van der Waals surface area contributed by atoms with E-state index in [-0.39, 0.29) is 12.5 Å². The van der Waals surface area contributed by atoms with Crippen LogP contribution in [0.1, 0.15) is 24.0 Å². The summed E-state index contributed by atoms with van der Waals surface area (Å²) < 4.78 is 5.35. The van der Waals surface area contributed by atoms with Crippen LogP contribution in [0.25, 0.3) is 11.1 Å². The maximum Gasteiger partial charge on any atom is 0.407 e. The third-order valence-electron chi connectivity index (χ3n) is 4.83. The number of rotatable bonds is 7. The van der Waals surface area contributed by atoms with Crippen molar-refractivity contribution in [2.45, 2.75) is 25.0 Å². The first-order chi connectivity index (χ1) is 13.9. The van der Waals surface area contributed by atoms with Crippen LogP contribution in [0, 0.1) is 0 Å². The van der Waals surface area contributed by atoms with Crippen LogP contribution >= 0.6 is 0 Å². The molecule has 1 unspecified atom stereocenters. The minimum atomic E-state index is -1.71. The van der Waals surface area contributed by atoms with Crippen LogP contribution in [0.15, 0.2) is 48.5 Å². The number of alkyl carbamates (subject to hydrolysis) is 1. The standard InChI is InChI=1S/C21H22N2O6/c1-12(19(25)22-10-18(24)20(26)27)23-21(28)29-11-17-15-8-4-2-6-13(15)14-7-3-5-9-16(14)17/h2-9,12,17-18,24H,10-11H2,1H3,(H,22,25)(H,23,28)(H,26,27)/t12-,18?/m1/s1. The van der Waals surface area contributed by atoms with Crippen molar-refractivity contribution < 1.29 is 29.3 Å². The summed E-state index contributed by atoms with van der Waals surface area (Å²) in [5, 5.41) is 22.4. The molecule has 8 heteroatoms. The molecular weight excluding hydrogens is 376 g/mol. The Bertz CT molecular complexity index is 883. The third-order valence-corrected chi connectivity index (χ3v) is 4.83. The van der Waals surface area contributed by atoms with Gasteiger partial charge in [0.15, 0.2) is 6.10 Å². The zero-order chi connectivity index (χ0) is 21.0. The molecule has 0 aromatic heterocycles. The van der Waals surface area contributed by atoms with Crippen molar-refractivity contribution in [3.63, 3.8) is 0 Å². The monoisotopic (exact) mass is 398 g/mol. The van der Waals surface area contributed by atoms with Crippen molar-refractivity contribution in [2.24, 2.45) is 0 Å². The lowest BCUT2D eigenvalue weighted by molar-refractivity contribution is -0.146. The molecule has 2 aromatic rings. The predicted molar refractivity (Wildman–Crippen MR) is 104 cm³/mol. The highest BCUT2D eigenvalue weighted by atomic mass is 16.5. The van der Waals surface area contributed by atoms with Crippen LogP contribution in [0.2, 0.25) is 0 Å². The van der Waals surface area contributed by atoms with E-state index < -0.39 is 36.7 Å². The predicted octanol–water partition coefficient (Wildman–Crippen LogP) is 1.48. The van der Waals surface area contributed by atoms with E-state index in [1.165, 1.54) is 6.92 Å². The molecule has 1 aliphatic rings. The number of hydrogen-bond donors (Lipinski definition) is 4. The number of amides is 2. The van der Waals surface area contributed by atoms with Gasteiger partial charge in [0, 0.05) is 5.92 Å². The first kappa shape index (κ1) is 20.3. The lowest BCUT2D eigenvalue weighted by Gasteiger charge is -2.17. The van der Waals surface area contributed by atoms with E-state index >= 15 is 0 Å². The van der Waals surface area contributed by atoms with Crippen LogP contribution < -0.4 is 10.6 Å². The number of benzene rings is 2. The number of hydrogen-bond acceptors (Lipinski definition) is 5. The van der Waals surface area contributed by atoms with E-state index in [2.05, 4.69) is 10.6 Å². The fraction of sp³-hybridized carbons (Fsp3) is 0.286. The molecule has 0 radical (unpaired) electrons. The first-order valence-electron chi connectivity index (χ1n) is 9.18. The summed E-state index contributed by atoms with van der Waals surface area (Å²) in [7, 11) is 0. The highest BCUT2D eigenvalue weighted by Gasteiger charge is 2.29. The van der Waals surface area contributed by atoms with Gasteiger partial charge in [0.25, 0.3) is 0 Å². The van der Waals surface area contributed by atoms with Crippen molar-refractivity contribution in [1.82, 2.24) is 10.6 Å². The second-order valence-corrected chi connectivity index (χ2v) is 6.79. The van der Waals surface area contributed by atoms with Gasteiger partial charge in [-0.2, -0.15) is 0 Å². The first-order valence-corrected chi connectivity index (χ1v) is 9.18. The maximum absolute atomic E-state index is 12.1. The number of carbonyl (C=O) groups excluding carboxylic acids is 2. The molecule has 2 atom stereocenters. The van der Waals surface area contributed by atoms with Crippen LogP contribution in [0.3, 0.4) is 0 Å². The van der Waals surface area contributed by atoms with E-state index in [0.717, 1.165) is 22.3 Å². The third kappa shape index (κ3) is 4.55. The number of carboxylic acid groups (broad SMARTS) is 1. The average molecular weight is 398 g/mol. The van der Waals surface area contributed by atoms with Gasteiger partial charge in [-0.3, -0.25) is 4.79 Å². The van der Waals surface area contributed by atoms with Gasteiger partial charge >= 0.3 is 12.1 Å². The molecule has 0 fully saturated rings. The Morgan fingerprint density at radius 3 is 2.14 bits per heavy atom. The van der Waals surface area contributed by atoms with E-state index in [0.29, 0.717) is 0 Å². The van der Waals surface area contributed by atoms with Gasteiger partial charge in [-0.15, -0.1) is 0 Å². The van der Waals surface area contributed by atoms with E-state index in [9.17, 15) is 19.5 Å². The van der Waals surface area contributed by atoms with Crippen LogP contribution in [0.5, 0.6) is 0 Å². The molecule has 0 saturated heterocycles. The molecule has 3 rings (SSSR count). The zero-order valence-electron chi connectivity index (χ0n) is 15.8. The van der Waals surface area contributed by atoms with Crippen molar-refractivity contribution in [1.29, 1.82) is 0 Å². The second-order valence-electron chi connectivity index (χ2n) is 6.79. The van der Waals surface area contributed by atoms with Gasteiger partial charge < -0.3 is 25.6 Å². The quantitative estimate of drug-likeness (QED) is 0.560. The van der Waals surface area contributed by atoms with Crippen molar-refractivity contribution in [3.05, 3.63) is 59.7 Å². The lowest BCUT2D eigenvalue weighted by Crippen LogP contribution is -2.47. The minimum Gasteiger partial charge on any atom is -0.479 e. The van der Waals surface area contributed by atoms with Crippen LogP contribution in [-0.4, -0.2) is 53.5 Å². The van der Waals surface area contributed by atoms with Gasteiger partial charge in [-0.25, -0.2) is 9.59 Å². The molecule has 2 aromatic carbocycles. The molecule has 4 N–H and O–H groups in total. The van der Waals surface area contributed by atoms with Gasteiger partial charge in [0.05, 0.1) is 6.54 Å². The van der Waals surface area contributed by atoms with Crippen molar-refractivity contribution >= 4 is 18.0 Å². The Labute approximate surface area is 167 Å². The summed E-state index contributed by atoms with van der Waals surface area (Å²) in [6, 6.07) is 14.9. The van der Waals surface area contributed by atoms with Crippen molar-refractivity contribution in [3.8, 4) is 11.1 Å². The van der Waals surface area contributed by atoms with Crippen molar-refractivity contribution in [2.75, 3.05) is 13.2 Å². The Morgan fingerprint density at radius 2 is 1.59 bits per heavy atom. The summed E-state index contributed by atoms with van der Waals surface area (Å²) in [6.45, 7) is 1.10. The summed E-state index contributed by atoms with van der Waals surface area (Å²) >= 11 is 0. The highest BCUT2D eigenvalue weighted by molar-refractivity contribution is 5.86. The Kier molecular flexibility index (Phi) is 6.13. The fourth-order valence-electron chi connectivity index (χ4n) is 3.32. The van der Waals surface area contributed by atoms with Gasteiger partial charge in [-0.05, 0) is 29.2 Å². The molecule has 29 heavy (non-hydrogen) atoms. The Morgan fingerprint density at radius 1 is 1.03 bits per heavy atom. The molecule has 0 spiro atoms. The fourth-order valence-corrected chi connectivity index (χ4v) is 3.32. The van der Waals surface area contributed by atoms with E-state index in [4.69, 9.17) is 9.84 Å². The summed E-state index contributed by atoms with van der Waals surface area (Å²) in [5.41, 5.74) is 4.38.